The summed E-state index contributed by atoms with van der Waals surface area (Å²) in [4.78, 5) is 24.7. The predicted octanol–water partition coefficient (Wildman–Crippen LogP) is 2.83. The largest absolute Gasteiger partial charge is 0.465 e. The molecular weight excluding hydrogens is 386 g/mol. The lowest BCUT2D eigenvalue weighted by Crippen LogP contribution is -2.42. The van der Waals surface area contributed by atoms with Crippen molar-refractivity contribution >= 4 is 22.2 Å². The molecule has 1 aromatic rings. The number of rotatable bonds is 3. The summed E-state index contributed by atoms with van der Waals surface area (Å²) >= 11 is 0. The lowest BCUT2D eigenvalue weighted by atomic mass is 10.1. The second-order valence-electron chi connectivity index (χ2n) is 7.82. The average molecular weight is 407 g/mol. The zero-order valence-electron chi connectivity index (χ0n) is 15.7. The minimum absolute atomic E-state index is 0.0951. The second kappa shape index (κ2) is 6.67. The summed E-state index contributed by atoms with van der Waals surface area (Å²) in [7, 11) is -4.18. The maximum atomic E-state index is 13.1. The van der Waals surface area contributed by atoms with Gasteiger partial charge in [-0.2, -0.15) is 9.57 Å². The second-order valence-corrected chi connectivity index (χ2v) is 9.63. The molecule has 1 atom stereocenters. The van der Waals surface area contributed by atoms with Gasteiger partial charge in [0, 0.05) is 0 Å². The number of benzene rings is 1. The maximum absolute atomic E-state index is 13.1. The number of hydrogen-bond acceptors (Lipinski definition) is 6. The smallest absolute Gasteiger partial charge is 0.424 e. The van der Waals surface area contributed by atoms with Crippen molar-refractivity contribution in [2.24, 2.45) is 0 Å². The zero-order valence-corrected chi connectivity index (χ0v) is 16.6. The molecule has 3 rings (SSSR count). The Hall–Kier alpha value is -2.80. The molecule has 150 valence electrons. The van der Waals surface area contributed by atoms with Crippen LogP contribution in [0.5, 0.6) is 0 Å². The van der Waals surface area contributed by atoms with Crippen LogP contribution in [0.25, 0.3) is 0 Å². The van der Waals surface area contributed by atoms with Crippen molar-refractivity contribution in [3.8, 4) is 6.07 Å². The molecule has 1 aliphatic heterocycles. The first-order valence-corrected chi connectivity index (χ1v) is 10.2. The van der Waals surface area contributed by atoms with Gasteiger partial charge in [0.2, 0.25) is 0 Å². The van der Waals surface area contributed by atoms with Crippen LogP contribution < -0.4 is 0 Å². The Balaban J connectivity index is 1.97. The molecule has 1 aromatic carbocycles. The minimum Gasteiger partial charge on any atom is -0.465 e. The number of fused-ring (bicyclic) bond motifs is 1. The van der Waals surface area contributed by atoms with Gasteiger partial charge in [-0.15, -0.1) is 0 Å². The Morgan fingerprint density at radius 1 is 1.32 bits per heavy atom. The maximum Gasteiger partial charge on any atom is 0.424 e. The molecule has 2 amide bonds. The van der Waals surface area contributed by atoms with Crippen molar-refractivity contribution in [3.05, 3.63) is 29.3 Å². The highest BCUT2D eigenvalue weighted by atomic mass is 32.2. The molecule has 1 aliphatic carbocycles. The normalized spacial score (nSPS) is 18.9. The Labute approximate surface area is 163 Å². The highest BCUT2D eigenvalue weighted by Gasteiger charge is 2.44. The molecule has 1 heterocycles. The van der Waals surface area contributed by atoms with E-state index in [0.717, 1.165) is 9.21 Å². The third kappa shape index (κ3) is 3.62. The molecule has 2 aliphatic rings. The number of sulfonamides is 1. The molecule has 1 N–H and O–H groups in total. The number of hydrogen-bond donors (Lipinski definition) is 1. The van der Waals surface area contributed by atoms with Crippen molar-refractivity contribution in [2.45, 2.75) is 62.7 Å². The van der Waals surface area contributed by atoms with Crippen LogP contribution >= 0.6 is 0 Å². The summed E-state index contributed by atoms with van der Waals surface area (Å²) in [5, 5.41) is 18.5. The summed E-state index contributed by atoms with van der Waals surface area (Å²) in [5.74, 6) is 0. The van der Waals surface area contributed by atoms with Crippen LogP contribution in [0.15, 0.2) is 23.1 Å². The zero-order chi connectivity index (χ0) is 20.9. The van der Waals surface area contributed by atoms with Gasteiger partial charge in [-0.05, 0) is 56.9 Å². The van der Waals surface area contributed by atoms with Crippen molar-refractivity contribution < 1.29 is 27.9 Å². The Bertz CT molecular complexity index is 972. The molecular formula is C18H21N3O6S. The number of nitrogens with zero attached hydrogens (tertiary/aromatic N) is 3. The van der Waals surface area contributed by atoms with E-state index in [1.807, 2.05) is 6.07 Å². The van der Waals surface area contributed by atoms with Gasteiger partial charge < -0.3 is 9.84 Å². The van der Waals surface area contributed by atoms with Crippen LogP contribution in [-0.2, 0) is 21.3 Å². The average Bonchev–Trinajstić information content (AvgIpc) is 3.30. The molecule has 0 bridgehead atoms. The summed E-state index contributed by atoms with van der Waals surface area (Å²) < 4.78 is 32.3. The molecule has 9 nitrogen and oxygen atoms in total. The summed E-state index contributed by atoms with van der Waals surface area (Å²) in [5.41, 5.74) is 0.0220. The molecule has 1 saturated carbocycles. The lowest BCUT2D eigenvalue weighted by molar-refractivity contribution is 0.0381. The monoisotopic (exact) mass is 407 g/mol. The van der Waals surface area contributed by atoms with Gasteiger partial charge in [0.1, 0.15) is 11.6 Å². The number of carboxylic acid groups (broad SMARTS) is 1. The first kappa shape index (κ1) is 19.9. The van der Waals surface area contributed by atoms with E-state index in [9.17, 15) is 28.4 Å². The summed E-state index contributed by atoms with van der Waals surface area (Å²) in [6.45, 7) is 4.86. The molecule has 0 saturated heterocycles. The number of carbonyl (C=O) groups is 2. The van der Waals surface area contributed by atoms with E-state index < -0.39 is 39.9 Å². The fraction of sp³-hybridized carbons (Fsp3) is 0.500. The SMILES string of the molecule is CC(C)(C)OC(=O)N(C1CC1)S(=O)(=O)c1ccc2c(c1)CN(C(=O)O)C2C#N. The topological polar surface area (TPSA) is 128 Å². The molecule has 0 spiro atoms. The summed E-state index contributed by atoms with van der Waals surface area (Å²) in [6.07, 6.45) is -1.07. The van der Waals surface area contributed by atoms with E-state index in [0.29, 0.717) is 24.0 Å². The van der Waals surface area contributed by atoms with E-state index in [1.54, 1.807) is 20.8 Å². The first-order valence-electron chi connectivity index (χ1n) is 8.75. The Morgan fingerprint density at radius 2 is 1.96 bits per heavy atom. The van der Waals surface area contributed by atoms with Crippen LogP contribution in [0, 0.1) is 11.3 Å². The first-order chi connectivity index (χ1) is 13.0. The quantitative estimate of drug-likeness (QED) is 0.816. The van der Waals surface area contributed by atoms with E-state index in [4.69, 9.17) is 4.74 Å². The van der Waals surface area contributed by atoms with Gasteiger partial charge >= 0.3 is 12.2 Å². The van der Waals surface area contributed by atoms with E-state index in [1.165, 1.54) is 18.2 Å². The van der Waals surface area contributed by atoms with Gasteiger partial charge in [0.15, 0.2) is 0 Å². The van der Waals surface area contributed by atoms with Crippen LogP contribution in [0.4, 0.5) is 9.59 Å². The van der Waals surface area contributed by atoms with Gasteiger partial charge in [-0.1, -0.05) is 6.07 Å². The molecule has 1 unspecified atom stereocenters. The van der Waals surface area contributed by atoms with E-state index in [-0.39, 0.29) is 11.4 Å². The van der Waals surface area contributed by atoms with Crippen molar-refractivity contribution in [1.29, 1.82) is 5.26 Å². The van der Waals surface area contributed by atoms with E-state index in [2.05, 4.69) is 0 Å². The number of carbonyl (C=O) groups excluding carboxylic acids is 1. The predicted molar refractivity (Wildman–Crippen MR) is 96.6 cm³/mol. The fourth-order valence-electron chi connectivity index (χ4n) is 3.08. The van der Waals surface area contributed by atoms with Crippen molar-refractivity contribution in [1.82, 2.24) is 9.21 Å². The Morgan fingerprint density at radius 3 is 2.46 bits per heavy atom. The van der Waals surface area contributed by atoms with Crippen LogP contribution in [0.3, 0.4) is 0 Å². The van der Waals surface area contributed by atoms with Gasteiger partial charge in [-0.25, -0.2) is 18.0 Å². The molecule has 1 fully saturated rings. The highest BCUT2D eigenvalue weighted by Crippen LogP contribution is 2.37. The molecule has 0 radical (unpaired) electrons. The lowest BCUT2D eigenvalue weighted by Gasteiger charge is -2.27. The van der Waals surface area contributed by atoms with Gasteiger partial charge in [0.05, 0.1) is 23.6 Å². The van der Waals surface area contributed by atoms with Gasteiger partial charge in [-0.3, -0.25) is 4.90 Å². The van der Waals surface area contributed by atoms with Crippen molar-refractivity contribution in [3.63, 3.8) is 0 Å². The van der Waals surface area contributed by atoms with Crippen LogP contribution in [-0.4, -0.2) is 46.6 Å². The third-order valence-corrected chi connectivity index (χ3v) is 6.25. The standard InChI is InChI=1S/C18H21N3O6S/c1-18(2,3)27-17(24)21(12-4-5-12)28(25,26)13-6-7-14-11(8-13)10-20(16(22)23)15(14)9-19/h6-8,12,15H,4-5,10H2,1-3H3,(H,22,23). The highest BCUT2D eigenvalue weighted by molar-refractivity contribution is 7.89. The van der Waals surface area contributed by atoms with Gasteiger partial charge in [0.25, 0.3) is 10.0 Å². The molecule has 0 aromatic heterocycles. The summed E-state index contributed by atoms with van der Waals surface area (Å²) in [6, 6.07) is 4.53. The number of nitriles is 1. The van der Waals surface area contributed by atoms with E-state index >= 15 is 0 Å². The van der Waals surface area contributed by atoms with Crippen LogP contribution in [0.1, 0.15) is 50.8 Å². The number of ether oxygens (including phenoxy) is 1. The number of amides is 2. The molecule has 10 heteroatoms. The Kier molecular flexibility index (Phi) is 4.75. The van der Waals surface area contributed by atoms with Crippen molar-refractivity contribution in [2.75, 3.05) is 0 Å². The fourth-order valence-corrected chi connectivity index (χ4v) is 4.67. The van der Waals surface area contributed by atoms with Crippen LogP contribution in [0.2, 0.25) is 0 Å². The minimum atomic E-state index is -4.18. The molecule has 28 heavy (non-hydrogen) atoms. The third-order valence-electron chi connectivity index (χ3n) is 4.44.